The van der Waals surface area contributed by atoms with Gasteiger partial charge in [0.1, 0.15) is 0 Å². The molecule has 1 rings (SSSR count). The van der Waals surface area contributed by atoms with Gasteiger partial charge in [0.05, 0.1) is 0 Å². The minimum absolute atomic E-state index is 0.221. The first-order chi connectivity index (χ1) is 4.83. The molecule has 1 N–H and O–H groups in total. The van der Waals surface area contributed by atoms with Crippen molar-refractivity contribution in [2.45, 2.75) is 25.3 Å². The van der Waals surface area contributed by atoms with Crippen LogP contribution >= 0.6 is 12.6 Å². The summed E-state index contributed by atoms with van der Waals surface area (Å²) in [5.41, 5.74) is 0. The molecule has 1 atom stereocenters. The van der Waals surface area contributed by atoms with E-state index in [-0.39, 0.29) is 6.04 Å². The molecule has 0 radical (unpaired) electrons. The molecular weight excluding hydrogens is 146 g/mol. The zero-order valence-electron chi connectivity index (χ0n) is 5.71. The van der Waals surface area contributed by atoms with E-state index in [1.165, 1.54) is 0 Å². The molecule has 1 aliphatic rings. The lowest BCUT2D eigenvalue weighted by atomic mass is 10.0. The maximum Gasteiger partial charge on any atom is 0.207 e. The summed E-state index contributed by atoms with van der Waals surface area (Å²) in [4.78, 5) is 11.1. The van der Waals surface area contributed by atoms with Crippen molar-refractivity contribution in [2.75, 3.05) is 0 Å². The predicted molar refractivity (Wildman–Crippen MR) is 43.9 cm³/mol. The van der Waals surface area contributed by atoms with Crippen molar-refractivity contribution in [3.05, 3.63) is 11.0 Å². The highest BCUT2D eigenvalue weighted by molar-refractivity contribution is 7.84. The number of carbonyl (C=O) groups is 1. The van der Waals surface area contributed by atoms with Gasteiger partial charge in [-0.25, -0.2) is 0 Å². The lowest BCUT2D eigenvalue weighted by molar-refractivity contribution is -0.109. The number of hydrogen-bond donors (Lipinski definition) is 2. The van der Waals surface area contributed by atoms with E-state index < -0.39 is 0 Å². The first-order valence-corrected chi connectivity index (χ1v) is 3.87. The van der Waals surface area contributed by atoms with Crippen LogP contribution in [0, 0.1) is 0 Å². The lowest BCUT2D eigenvalue weighted by Crippen LogP contribution is -2.27. The van der Waals surface area contributed by atoms with Gasteiger partial charge in [-0.1, -0.05) is 6.08 Å². The van der Waals surface area contributed by atoms with Crippen molar-refractivity contribution in [1.29, 1.82) is 0 Å². The number of amides is 1. The molecule has 56 valence electrons. The van der Waals surface area contributed by atoms with E-state index in [4.69, 9.17) is 0 Å². The van der Waals surface area contributed by atoms with Crippen molar-refractivity contribution in [1.82, 2.24) is 5.32 Å². The number of rotatable bonds is 2. The van der Waals surface area contributed by atoms with Crippen LogP contribution in [0.1, 0.15) is 19.3 Å². The summed E-state index contributed by atoms with van der Waals surface area (Å²) in [7, 11) is 0. The van der Waals surface area contributed by atoms with E-state index in [0.717, 1.165) is 30.6 Å². The Balaban J connectivity index is 2.45. The third-order valence-corrected chi connectivity index (χ3v) is 2.00. The van der Waals surface area contributed by atoms with Gasteiger partial charge in [-0.15, -0.1) is 12.6 Å². The molecule has 0 fully saturated rings. The van der Waals surface area contributed by atoms with E-state index in [0.29, 0.717) is 0 Å². The fourth-order valence-electron chi connectivity index (χ4n) is 1.12. The first-order valence-electron chi connectivity index (χ1n) is 3.42. The monoisotopic (exact) mass is 157 g/mol. The average molecular weight is 157 g/mol. The number of nitrogens with one attached hydrogen (secondary N) is 1. The second kappa shape index (κ2) is 3.66. The average Bonchev–Trinajstić information content (AvgIpc) is 1.88. The Morgan fingerprint density at radius 2 is 2.60 bits per heavy atom. The van der Waals surface area contributed by atoms with E-state index in [1.54, 1.807) is 0 Å². The summed E-state index contributed by atoms with van der Waals surface area (Å²) in [5, 5.41) is 2.71. The molecule has 0 saturated carbocycles. The van der Waals surface area contributed by atoms with Crippen molar-refractivity contribution >= 4 is 19.0 Å². The Labute approximate surface area is 66.1 Å². The van der Waals surface area contributed by atoms with E-state index in [1.807, 2.05) is 6.08 Å². The van der Waals surface area contributed by atoms with Gasteiger partial charge >= 0.3 is 0 Å². The lowest BCUT2D eigenvalue weighted by Gasteiger charge is -2.17. The van der Waals surface area contributed by atoms with Crippen LogP contribution < -0.4 is 5.32 Å². The highest BCUT2D eigenvalue weighted by Gasteiger charge is 2.09. The molecule has 0 aromatic carbocycles. The maximum absolute atomic E-state index is 10.0. The molecule has 0 spiro atoms. The van der Waals surface area contributed by atoms with Crippen LogP contribution in [0.4, 0.5) is 0 Å². The van der Waals surface area contributed by atoms with Crippen LogP contribution in [0.15, 0.2) is 11.0 Å². The molecule has 10 heavy (non-hydrogen) atoms. The zero-order valence-corrected chi connectivity index (χ0v) is 6.60. The minimum atomic E-state index is 0.221. The van der Waals surface area contributed by atoms with Crippen LogP contribution in [-0.4, -0.2) is 12.5 Å². The Kier molecular flexibility index (Phi) is 2.81. The number of allylic oxidation sites excluding steroid dienone is 1. The second-order valence-electron chi connectivity index (χ2n) is 2.44. The topological polar surface area (TPSA) is 29.1 Å². The number of hydrogen-bond acceptors (Lipinski definition) is 2. The summed E-state index contributed by atoms with van der Waals surface area (Å²) in [6.07, 6.45) is 5.97. The molecule has 1 amide bonds. The Hall–Kier alpha value is -0.440. The van der Waals surface area contributed by atoms with Crippen LogP contribution in [0.3, 0.4) is 0 Å². The SMILES string of the molecule is O=CNC1C=C(S)CCC1. The molecule has 0 aliphatic heterocycles. The van der Waals surface area contributed by atoms with Crippen LogP contribution in [0.2, 0.25) is 0 Å². The van der Waals surface area contributed by atoms with Crippen molar-refractivity contribution in [3.63, 3.8) is 0 Å². The van der Waals surface area contributed by atoms with Gasteiger partial charge in [-0.2, -0.15) is 0 Å². The normalized spacial score (nSPS) is 25.3. The van der Waals surface area contributed by atoms with Gasteiger partial charge in [-0.05, 0) is 24.2 Å². The molecule has 0 saturated heterocycles. The quantitative estimate of drug-likeness (QED) is 0.456. The van der Waals surface area contributed by atoms with Gasteiger partial charge < -0.3 is 5.32 Å². The number of carbonyl (C=O) groups excluding carboxylic acids is 1. The molecule has 0 aromatic rings. The predicted octanol–water partition coefficient (Wildman–Crippen LogP) is 1.10. The van der Waals surface area contributed by atoms with Gasteiger partial charge in [0, 0.05) is 6.04 Å². The molecule has 0 aromatic heterocycles. The van der Waals surface area contributed by atoms with Gasteiger partial charge in [-0.3, -0.25) is 4.79 Å². The van der Waals surface area contributed by atoms with Crippen molar-refractivity contribution < 1.29 is 4.79 Å². The van der Waals surface area contributed by atoms with Crippen molar-refractivity contribution in [2.24, 2.45) is 0 Å². The fraction of sp³-hybridized carbons (Fsp3) is 0.571. The molecule has 3 heteroatoms. The van der Waals surface area contributed by atoms with E-state index in [2.05, 4.69) is 17.9 Å². The van der Waals surface area contributed by atoms with Gasteiger partial charge in [0.25, 0.3) is 0 Å². The molecule has 1 aliphatic carbocycles. The summed E-state index contributed by atoms with van der Waals surface area (Å²) in [6.45, 7) is 0. The third kappa shape index (κ3) is 2.06. The van der Waals surface area contributed by atoms with Crippen LogP contribution in [0.25, 0.3) is 0 Å². The highest BCUT2D eigenvalue weighted by Crippen LogP contribution is 2.19. The van der Waals surface area contributed by atoms with Crippen LogP contribution in [-0.2, 0) is 4.79 Å². The van der Waals surface area contributed by atoms with E-state index in [9.17, 15) is 4.79 Å². The standard InChI is InChI=1S/C7H11NOS/c9-5-8-6-2-1-3-7(10)4-6/h4-6,10H,1-3H2,(H,8,9). The van der Waals surface area contributed by atoms with Crippen LogP contribution in [0.5, 0.6) is 0 Å². The fourth-order valence-corrected chi connectivity index (χ4v) is 1.46. The van der Waals surface area contributed by atoms with E-state index >= 15 is 0 Å². The summed E-state index contributed by atoms with van der Waals surface area (Å²) >= 11 is 4.22. The van der Waals surface area contributed by atoms with Gasteiger partial charge in [0.2, 0.25) is 6.41 Å². The summed E-state index contributed by atoms with van der Waals surface area (Å²) < 4.78 is 0. The summed E-state index contributed by atoms with van der Waals surface area (Å²) in [6, 6.07) is 0.221. The zero-order chi connectivity index (χ0) is 7.40. The Morgan fingerprint density at radius 3 is 3.20 bits per heavy atom. The largest absolute Gasteiger partial charge is 0.352 e. The minimum Gasteiger partial charge on any atom is -0.352 e. The molecule has 2 nitrogen and oxygen atoms in total. The number of thiol groups is 1. The third-order valence-electron chi connectivity index (χ3n) is 1.62. The smallest absolute Gasteiger partial charge is 0.207 e. The highest BCUT2D eigenvalue weighted by atomic mass is 32.1. The summed E-state index contributed by atoms with van der Waals surface area (Å²) in [5.74, 6) is 0. The molecule has 1 unspecified atom stereocenters. The first kappa shape index (κ1) is 7.66. The van der Waals surface area contributed by atoms with Gasteiger partial charge in [0.15, 0.2) is 0 Å². The molecule has 0 heterocycles. The second-order valence-corrected chi connectivity index (χ2v) is 3.02. The Bertz CT molecular complexity index is 156. The molecule has 0 bridgehead atoms. The Morgan fingerprint density at radius 1 is 1.80 bits per heavy atom. The molecular formula is C7H11NOS. The van der Waals surface area contributed by atoms with Crippen molar-refractivity contribution in [3.8, 4) is 0 Å². The maximum atomic E-state index is 10.0.